The number of nitrogens with zero attached hydrogens (tertiary/aromatic N) is 1. The number of aryl methyl sites for hydroxylation is 1. The van der Waals surface area contributed by atoms with Crippen molar-refractivity contribution in [3.8, 4) is 5.75 Å². The quantitative estimate of drug-likeness (QED) is 0.323. The van der Waals surface area contributed by atoms with Gasteiger partial charge in [-0.3, -0.25) is 4.79 Å². The lowest BCUT2D eigenvalue weighted by Crippen LogP contribution is -2.36. The number of oxime groups is 1. The van der Waals surface area contributed by atoms with Gasteiger partial charge in [-0.2, -0.15) is 0 Å². The first-order chi connectivity index (χ1) is 8.97. The van der Waals surface area contributed by atoms with E-state index in [-0.39, 0.29) is 24.2 Å². The average Bonchev–Trinajstić information content (AvgIpc) is 2.38. The van der Waals surface area contributed by atoms with Crippen molar-refractivity contribution in [2.75, 3.05) is 7.11 Å². The van der Waals surface area contributed by atoms with Gasteiger partial charge in [0.1, 0.15) is 11.6 Å². The molecule has 1 unspecified atom stereocenters. The number of hydrogen-bond donors (Lipinski definition) is 3. The molecule has 0 bridgehead atoms. The van der Waals surface area contributed by atoms with Gasteiger partial charge in [0.05, 0.1) is 12.7 Å². The van der Waals surface area contributed by atoms with Crippen LogP contribution in [0, 0.1) is 6.92 Å². The topological polar surface area (TPSA) is 96.9 Å². The van der Waals surface area contributed by atoms with E-state index in [9.17, 15) is 4.79 Å². The number of nitrogens with one attached hydrogen (secondary N) is 1. The van der Waals surface area contributed by atoms with E-state index in [2.05, 4.69) is 10.5 Å². The van der Waals surface area contributed by atoms with Crippen molar-refractivity contribution in [3.63, 3.8) is 0 Å². The maximum absolute atomic E-state index is 12.1. The second-order valence-corrected chi connectivity index (χ2v) is 4.37. The van der Waals surface area contributed by atoms with Crippen LogP contribution in [0.2, 0.25) is 0 Å². The molecule has 0 heterocycles. The number of amides is 1. The van der Waals surface area contributed by atoms with Crippen LogP contribution in [0.1, 0.15) is 29.3 Å². The summed E-state index contributed by atoms with van der Waals surface area (Å²) in [5.41, 5.74) is 6.83. The maximum atomic E-state index is 12.1. The molecule has 0 aliphatic rings. The molecule has 1 rings (SSSR count). The molecule has 0 aliphatic carbocycles. The number of carbonyl (C=O) groups excluding carboxylic acids is 1. The molecule has 1 amide bonds. The SMILES string of the molecule is COc1ccc(C)cc1C(=O)NC(C)CC(N)=NO. The van der Waals surface area contributed by atoms with Crippen molar-refractivity contribution in [3.05, 3.63) is 29.3 Å². The summed E-state index contributed by atoms with van der Waals surface area (Å²) >= 11 is 0. The van der Waals surface area contributed by atoms with Crippen LogP contribution in [0.4, 0.5) is 0 Å². The Balaban J connectivity index is 2.80. The summed E-state index contributed by atoms with van der Waals surface area (Å²) in [4.78, 5) is 12.1. The number of rotatable bonds is 5. The molecule has 1 aromatic carbocycles. The average molecular weight is 265 g/mol. The first-order valence-electron chi connectivity index (χ1n) is 5.89. The molecule has 104 valence electrons. The minimum Gasteiger partial charge on any atom is -0.496 e. The molecule has 6 heteroatoms. The first kappa shape index (κ1) is 14.8. The number of ether oxygens (including phenoxy) is 1. The van der Waals surface area contributed by atoms with Gasteiger partial charge < -0.3 is 21.0 Å². The van der Waals surface area contributed by atoms with Crippen LogP contribution in [-0.4, -0.2) is 30.1 Å². The molecule has 0 aliphatic heterocycles. The van der Waals surface area contributed by atoms with Crippen LogP contribution in [0.5, 0.6) is 5.75 Å². The Hall–Kier alpha value is -2.24. The van der Waals surface area contributed by atoms with Crippen molar-refractivity contribution in [1.82, 2.24) is 5.32 Å². The molecule has 6 nitrogen and oxygen atoms in total. The molecule has 4 N–H and O–H groups in total. The Kier molecular flexibility index (Phi) is 5.17. The van der Waals surface area contributed by atoms with E-state index in [1.54, 1.807) is 19.1 Å². The summed E-state index contributed by atoms with van der Waals surface area (Å²) < 4.78 is 5.16. The summed E-state index contributed by atoms with van der Waals surface area (Å²) in [5.74, 6) is 0.335. The van der Waals surface area contributed by atoms with E-state index in [4.69, 9.17) is 15.7 Å². The highest BCUT2D eigenvalue weighted by atomic mass is 16.5. The Labute approximate surface area is 112 Å². The molecule has 19 heavy (non-hydrogen) atoms. The molecule has 0 fully saturated rings. The molecular formula is C13H19N3O3. The van der Waals surface area contributed by atoms with Crippen molar-refractivity contribution in [2.24, 2.45) is 10.9 Å². The van der Waals surface area contributed by atoms with Crippen molar-refractivity contribution in [2.45, 2.75) is 26.3 Å². The fourth-order valence-electron chi connectivity index (χ4n) is 1.71. The summed E-state index contributed by atoms with van der Waals surface area (Å²) in [6.07, 6.45) is 0.274. The van der Waals surface area contributed by atoms with E-state index < -0.39 is 0 Å². The smallest absolute Gasteiger partial charge is 0.255 e. The molecule has 1 atom stereocenters. The van der Waals surface area contributed by atoms with Crippen LogP contribution in [-0.2, 0) is 0 Å². The van der Waals surface area contributed by atoms with Gasteiger partial charge in [0.15, 0.2) is 0 Å². The third-order valence-corrected chi connectivity index (χ3v) is 2.62. The number of methoxy groups -OCH3 is 1. The van der Waals surface area contributed by atoms with Crippen LogP contribution >= 0.6 is 0 Å². The second-order valence-electron chi connectivity index (χ2n) is 4.37. The van der Waals surface area contributed by atoms with Gasteiger partial charge in [-0.25, -0.2) is 0 Å². The van der Waals surface area contributed by atoms with Crippen molar-refractivity contribution >= 4 is 11.7 Å². The molecule has 0 radical (unpaired) electrons. The standard InChI is InChI=1S/C13H19N3O3/c1-8-4-5-11(19-3)10(6-8)13(17)15-9(2)7-12(14)16-18/h4-6,9,18H,7H2,1-3H3,(H2,14,16)(H,15,17). The predicted molar refractivity (Wildman–Crippen MR) is 72.7 cm³/mol. The second kappa shape index (κ2) is 6.63. The highest BCUT2D eigenvalue weighted by Gasteiger charge is 2.15. The molecule has 0 aromatic heterocycles. The Bertz CT molecular complexity index is 486. The van der Waals surface area contributed by atoms with E-state index >= 15 is 0 Å². The maximum Gasteiger partial charge on any atom is 0.255 e. The van der Waals surface area contributed by atoms with Gasteiger partial charge >= 0.3 is 0 Å². The van der Waals surface area contributed by atoms with Crippen LogP contribution < -0.4 is 15.8 Å². The summed E-state index contributed by atoms with van der Waals surface area (Å²) in [6.45, 7) is 3.67. The number of benzene rings is 1. The summed E-state index contributed by atoms with van der Waals surface area (Å²) in [5, 5.41) is 14.1. The Morgan fingerprint density at radius 3 is 2.84 bits per heavy atom. The zero-order valence-corrected chi connectivity index (χ0v) is 11.3. The third-order valence-electron chi connectivity index (χ3n) is 2.62. The number of nitrogens with two attached hydrogens (primary N) is 1. The predicted octanol–water partition coefficient (Wildman–Crippen LogP) is 1.26. The first-order valence-corrected chi connectivity index (χ1v) is 5.89. The van der Waals surface area contributed by atoms with Crippen molar-refractivity contribution < 1.29 is 14.7 Å². The van der Waals surface area contributed by atoms with Gasteiger partial charge in [0, 0.05) is 12.5 Å². The fourth-order valence-corrected chi connectivity index (χ4v) is 1.71. The minimum absolute atomic E-state index is 0.0732. The van der Waals surface area contributed by atoms with Gasteiger partial charge in [-0.15, -0.1) is 0 Å². The summed E-state index contributed by atoms with van der Waals surface area (Å²) in [6, 6.07) is 5.13. The van der Waals surface area contributed by atoms with Crippen LogP contribution in [0.3, 0.4) is 0 Å². The highest BCUT2D eigenvalue weighted by Crippen LogP contribution is 2.19. The van der Waals surface area contributed by atoms with Gasteiger partial charge in [0.25, 0.3) is 5.91 Å². The van der Waals surface area contributed by atoms with E-state index in [0.29, 0.717) is 11.3 Å². The Morgan fingerprint density at radius 1 is 1.58 bits per heavy atom. The lowest BCUT2D eigenvalue weighted by Gasteiger charge is -2.15. The van der Waals surface area contributed by atoms with Gasteiger partial charge in [0.2, 0.25) is 0 Å². The lowest BCUT2D eigenvalue weighted by molar-refractivity contribution is 0.0938. The fraction of sp³-hybridized carbons (Fsp3) is 0.385. The molecule has 0 saturated heterocycles. The largest absolute Gasteiger partial charge is 0.496 e. The number of amidine groups is 1. The van der Waals surface area contributed by atoms with E-state index in [0.717, 1.165) is 5.56 Å². The van der Waals surface area contributed by atoms with Gasteiger partial charge in [-0.05, 0) is 26.0 Å². The van der Waals surface area contributed by atoms with Crippen molar-refractivity contribution in [1.29, 1.82) is 0 Å². The molecule has 0 saturated carbocycles. The van der Waals surface area contributed by atoms with E-state index in [1.165, 1.54) is 7.11 Å². The zero-order chi connectivity index (χ0) is 14.4. The zero-order valence-electron chi connectivity index (χ0n) is 11.3. The number of hydrogen-bond acceptors (Lipinski definition) is 4. The summed E-state index contributed by atoms with van der Waals surface area (Å²) in [7, 11) is 1.52. The molecular weight excluding hydrogens is 246 g/mol. The highest BCUT2D eigenvalue weighted by molar-refractivity contribution is 5.97. The molecule has 0 spiro atoms. The van der Waals surface area contributed by atoms with E-state index in [1.807, 2.05) is 13.0 Å². The van der Waals surface area contributed by atoms with Crippen LogP contribution in [0.25, 0.3) is 0 Å². The monoisotopic (exact) mass is 265 g/mol. The van der Waals surface area contributed by atoms with Crippen LogP contribution in [0.15, 0.2) is 23.4 Å². The van der Waals surface area contributed by atoms with Gasteiger partial charge in [-0.1, -0.05) is 16.8 Å². The Morgan fingerprint density at radius 2 is 2.26 bits per heavy atom. The lowest BCUT2D eigenvalue weighted by atomic mass is 10.1. The molecule has 1 aromatic rings. The minimum atomic E-state index is -0.251. The number of carbonyl (C=O) groups is 1. The normalized spacial score (nSPS) is 12.9. The third kappa shape index (κ3) is 4.17.